The van der Waals surface area contributed by atoms with E-state index >= 15 is 0 Å². The summed E-state index contributed by atoms with van der Waals surface area (Å²) < 4.78 is 0. The molecule has 0 saturated heterocycles. The van der Waals surface area contributed by atoms with Crippen LogP contribution in [0.15, 0.2) is 30.3 Å². The van der Waals surface area contributed by atoms with Crippen molar-refractivity contribution in [1.82, 2.24) is 0 Å². The third-order valence-corrected chi connectivity index (χ3v) is 8.59. The maximum Gasteiger partial charge on any atom is 3.00 e. The second kappa shape index (κ2) is 8.35. The number of fused-ring (bicyclic) bond motifs is 3. The molecular weight excluding hydrogens is 447 g/mol. The van der Waals surface area contributed by atoms with Crippen molar-refractivity contribution in [3.8, 4) is 11.1 Å². The van der Waals surface area contributed by atoms with E-state index in [-0.39, 0.29) is 51.0 Å². The van der Waals surface area contributed by atoms with Crippen LogP contribution in [0.3, 0.4) is 0 Å². The van der Waals surface area contributed by atoms with Crippen molar-refractivity contribution < 1.29 is 51.0 Å². The Morgan fingerprint density at radius 3 is 1.88 bits per heavy atom. The predicted octanol–water partition coefficient (Wildman–Crippen LogP) is -1.85. The summed E-state index contributed by atoms with van der Waals surface area (Å²) in [4.78, 5) is 0. The molecule has 0 unspecified atom stereocenters. The van der Waals surface area contributed by atoms with Crippen LogP contribution in [0.4, 0.5) is 0 Å². The van der Waals surface area contributed by atoms with E-state index in [1.54, 1.807) is 5.19 Å². The van der Waals surface area contributed by atoms with Crippen molar-refractivity contribution in [3.05, 3.63) is 47.5 Å². The Kier molecular flexibility index (Phi) is 8.47. The first-order valence-corrected chi connectivity index (χ1v) is 14.8. The van der Waals surface area contributed by atoms with Gasteiger partial charge in [-0.1, -0.05) is 73.8 Å². The molecule has 127 valence electrons. The fourth-order valence-corrected chi connectivity index (χ4v) is 5.23. The number of halogens is 2. The third kappa shape index (κ3) is 4.74. The van der Waals surface area contributed by atoms with Gasteiger partial charge >= 0.3 is 26.2 Å². The van der Waals surface area contributed by atoms with Crippen LogP contribution >= 0.6 is 0 Å². The Labute approximate surface area is 180 Å². The minimum atomic E-state index is -1.27. The van der Waals surface area contributed by atoms with Gasteiger partial charge in [0.25, 0.3) is 0 Å². The van der Waals surface area contributed by atoms with Crippen LogP contribution in [-0.4, -0.2) is 16.1 Å². The molecule has 24 heavy (non-hydrogen) atoms. The third-order valence-electron chi connectivity index (χ3n) is 4.53. The van der Waals surface area contributed by atoms with E-state index in [1.807, 2.05) is 0 Å². The molecule has 0 spiro atoms. The molecule has 0 nitrogen and oxygen atoms in total. The maximum absolute atomic E-state index is 3.58. The van der Waals surface area contributed by atoms with Crippen LogP contribution in [0.5, 0.6) is 0 Å². The van der Waals surface area contributed by atoms with E-state index in [9.17, 15) is 0 Å². The van der Waals surface area contributed by atoms with E-state index in [4.69, 9.17) is 0 Å². The molecule has 2 aromatic carbocycles. The molecule has 1 radical (unpaired) electrons. The molecule has 0 bridgehead atoms. The minimum Gasteiger partial charge on any atom is -1.00 e. The van der Waals surface area contributed by atoms with Crippen LogP contribution in [0.25, 0.3) is 11.1 Å². The van der Waals surface area contributed by atoms with Gasteiger partial charge in [0.2, 0.25) is 0 Å². The molecule has 0 fully saturated rings. The molecule has 0 N–H and O–H groups in total. The van der Waals surface area contributed by atoms with Crippen molar-refractivity contribution in [2.45, 2.75) is 45.7 Å². The summed E-state index contributed by atoms with van der Waals surface area (Å²) >= 11 is 0. The predicted molar refractivity (Wildman–Crippen MR) is 99.5 cm³/mol. The van der Waals surface area contributed by atoms with E-state index in [2.05, 4.69) is 75.7 Å². The first kappa shape index (κ1) is 24.3. The van der Waals surface area contributed by atoms with Crippen molar-refractivity contribution in [1.29, 1.82) is 0 Å². The largest absolute Gasteiger partial charge is 3.00 e. The molecule has 0 aromatic heterocycles. The Morgan fingerprint density at radius 1 is 0.792 bits per heavy atom. The van der Waals surface area contributed by atoms with Crippen molar-refractivity contribution in [3.63, 3.8) is 0 Å². The smallest absolute Gasteiger partial charge is 1.00 e. The van der Waals surface area contributed by atoms with Gasteiger partial charge in [0.15, 0.2) is 0 Å². The average molecular weight is 472 g/mol. The molecule has 0 amide bonds. The zero-order chi connectivity index (χ0) is 15.4. The van der Waals surface area contributed by atoms with Gasteiger partial charge < -0.3 is 24.8 Å². The van der Waals surface area contributed by atoms with Crippen molar-refractivity contribution in [2.24, 2.45) is 0 Å². The maximum atomic E-state index is 3.58. The van der Waals surface area contributed by atoms with Gasteiger partial charge in [-0.05, 0) is 6.42 Å². The van der Waals surface area contributed by atoms with E-state index in [0.717, 1.165) is 6.42 Å². The topological polar surface area (TPSA) is 0 Å². The molecule has 0 atom stereocenters. The Morgan fingerprint density at radius 2 is 1.33 bits per heavy atom. The fourth-order valence-electron chi connectivity index (χ4n) is 2.98. The van der Waals surface area contributed by atoms with Gasteiger partial charge in [0, 0.05) is 8.07 Å². The number of benzene rings is 2. The first-order chi connectivity index (χ1) is 9.66. The van der Waals surface area contributed by atoms with E-state index in [1.165, 1.54) is 27.4 Å². The van der Waals surface area contributed by atoms with Gasteiger partial charge in [-0.3, -0.25) is 0 Å². The van der Waals surface area contributed by atoms with Gasteiger partial charge in [-0.25, -0.2) is 0 Å². The molecular formula is C19H25Cl2Si2Zr. The Bertz CT molecular complexity index is 655. The molecule has 1 aliphatic rings. The average Bonchev–Trinajstić information content (AvgIpc) is 2.73. The molecule has 3 rings (SSSR count). The van der Waals surface area contributed by atoms with Crippen LogP contribution in [-0.2, 0) is 32.6 Å². The minimum absolute atomic E-state index is 0. The van der Waals surface area contributed by atoms with E-state index in [0.29, 0.717) is 0 Å². The van der Waals surface area contributed by atoms with Gasteiger partial charge in [0.1, 0.15) is 0 Å². The summed E-state index contributed by atoms with van der Waals surface area (Å²) in [5.41, 5.74) is 5.79. The molecule has 5 heteroatoms. The molecule has 0 saturated carbocycles. The van der Waals surface area contributed by atoms with Crippen LogP contribution in [0.2, 0.25) is 39.3 Å². The van der Waals surface area contributed by atoms with E-state index < -0.39 is 16.1 Å². The Hall–Kier alpha value is 0.337. The summed E-state index contributed by atoms with van der Waals surface area (Å²) in [6.45, 7) is 14.5. The summed E-state index contributed by atoms with van der Waals surface area (Å²) in [5.74, 6) is 0. The molecule has 1 aliphatic carbocycles. The second-order valence-corrected chi connectivity index (χ2v) is 18.5. The molecule has 0 heterocycles. The van der Waals surface area contributed by atoms with Gasteiger partial charge in [-0.15, -0.1) is 5.56 Å². The van der Waals surface area contributed by atoms with Crippen molar-refractivity contribution >= 4 is 26.5 Å². The molecule has 2 aromatic rings. The van der Waals surface area contributed by atoms with Crippen molar-refractivity contribution in [2.75, 3.05) is 0 Å². The summed E-state index contributed by atoms with van der Waals surface area (Å²) in [6.07, 6.45) is 1.06. The monoisotopic (exact) mass is 469 g/mol. The SMILES string of the molecule is C[Si](C)(C)c1c[c-]c2c(c1)-c1cc([Si](C)(C)C)ccc1C2.[Cl-].[Cl-].[Zr+3]. The van der Waals surface area contributed by atoms with Gasteiger partial charge in [0.05, 0.1) is 8.07 Å². The zero-order valence-electron chi connectivity index (χ0n) is 15.3. The quantitative estimate of drug-likeness (QED) is 0.304. The number of hydrogen-bond donors (Lipinski definition) is 0. The summed E-state index contributed by atoms with van der Waals surface area (Å²) in [7, 11) is -2.52. The standard InChI is InChI=1S/C19H25Si2.2ClH.Zr/c1-20(2,3)16-9-7-14-11-15-8-10-17(21(4,5)6)13-19(15)18(14)12-16;;;/h7,9-10,12-13H,11H2,1-6H3;2*1H;/q-1;;;+3/p-2. The van der Waals surface area contributed by atoms with Gasteiger partial charge in [-0.2, -0.15) is 28.9 Å². The zero-order valence-corrected chi connectivity index (χ0v) is 21.3. The number of rotatable bonds is 2. The Balaban J connectivity index is 0.00000176. The summed E-state index contributed by atoms with van der Waals surface area (Å²) in [6, 6.07) is 15.5. The fraction of sp³-hybridized carbons (Fsp3) is 0.368. The number of hydrogen-bond acceptors (Lipinski definition) is 0. The summed E-state index contributed by atoms with van der Waals surface area (Å²) in [5, 5.41) is 3.08. The first-order valence-electron chi connectivity index (χ1n) is 7.85. The molecule has 0 aliphatic heterocycles. The van der Waals surface area contributed by atoms with Crippen LogP contribution in [0, 0.1) is 6.07 Å². The normalized spacial score (nSPS) is 12.2. The second-order valence-electron chi connectivity index (χ2n) is 8.33. The van der Waals surface area contributed by atoms with Crippen LogP contribution < -0.4 is 35.2 Å². The van der Waals surface area contributed by atoms with Crippen LogP contribution in [0.1, 0.15) is 11.1 Å².